The molecule has 6 nitrogen and oxygen atoms in total. The van der Waals surface area contributed by atoms with Crippen LogP contribution < -0.4 is 5.73 Å². The number of sulfone groups is 1. The number of carbonyl (C=O) groups excluding carboxylic acids is 1. The van der Waals surface area contributed by atoms with E-state index in [1.807, 2.05) is 6.92 Å². The van der Waals surface area contributed by atoms with Gasteiger partial charge < -0.3 is 10.5 Å². The van der Waals surface area contributed by atoms with Crippen LogP contribution in [0.1, 0.15) is 33.1 Å². The fourth-order valence-corrected chi connectivity index (χ4v) is 4.13. The molecule has 0 amide bonds. The highest BCUT2D eigenvalue weighted by molar-refractivity contribution is 7.91. The molecule has 1 fully saturated rings. The van der Waals surface area contributed by atoms with Crippen LogP contribution in [0.25, 0.3) is 0 Å². The van der Waals surface area contributed by atoms with Gasteiger partial charge in [-0.05, 0) is 39.7 Å². The van der Waals surface area contributed by atoms with Crippen molar-refractivity contribution in [2.75, 3.05) is 31.7 Å². The highest BCUT2D eigenvalue weighted by atomic mass is 32.2. The van der Waals surface area contributed by atoms with Crippen LogP contribution in [0.5, 0.6) is 0 Å². The Kier molecular flexibility index (Phi) is 5.97. The molecule has 118 valence electrons. The molecule has 0 aromatic rings. The number of esters is 1. The second-order valence-corrected chi connectivity index (χ2v) is 8.09. The molecule has 0 aromatic carbocycles. The van der Waals surface area contributed by atoms with Gasteiger partial charge in [-0.2, -0.15) is 0 Å². The Hall–Kier alpha value is -0.660. The van der Waals surface area contributed by atoms with E-state index < -0.39 is 21.3 Å². The van der Waals surface area contributed by atoms with E-state index in [1.54, 1.807) is 6.92 Å². The maximum absolute atomic E-state index is 11.5. The van der Waals surface area contributed by atoms with E-state index in [0.29, 0.717) is 13.0 Å². The minimum absolute atomic E-state index is 0.0682. The van der Waals surface area contributed by atoms with Crippen LogP contribution in [0, 0.1) is 0 Å². The average Bonchev–Trinajstić information content (AvgIpc) is 2.34. The second-order valence-electron chi connectivity index (χ2n) is 5.87. The zero-order valence-electron chi connectivity index (χ0n) is 12.6. The third-order valence-electron chi connectivity index (χ3n) is 3.85. The largest absolute Gasteiger partial charge is 0.468 e. The van der Waals surface area contributed by atoms with Gasteiger partial charge in [-0.25, -0.2) is 8.42 Å². The van der Waals surface area contributed by atoms with E-state index in [1.165, 1.54) is 7.11 Å². The lowest BCUT2D eigenvalue weighted by Gasteiger charge is -2.33. The molecular formula is C13H26N2O4S. The Bertz CT molecular complexity index is 434. The van der Waals surface area contributed by atoms with Crippen molar-refractivity contribution in [1.82, 2.24) is 4.90 Å². The zero-order chi connectivity index (χ0) is 15.4. The summed E-state index contributed by atoms with van der Waals surface area (Å²) in [7, 11) is -1.52. The Morgan fingerprint density at radius 3 is 2.65 bits per heavy atom. The van der Waals surface area contributed by atoms with Gasteiger partial charge in [0.1, 0.15) is 5.54 Å². The maximum atomic E-state index is 11.5. The van der Waals surface area contributed by atoms with Gasteiger partial charge in [-0.3, -0.25) is 9.69 Å². The van der Waals surface area contributed by atoms with Gasteiger partial charge in [0.25, 0.3) is 0 Å². The molecule has 0 spiro atoms. The SMILES string of the molecule is COC(=O)C(C)(N)CCCCN1CCS(=O)(=O)CC1C. The fourth-order valence-electron chi connectivity index (χ4n) is 2.51. The van der Waals surface area contributed by atoms with Crippen molar-refractivity contribution in [3.63, 3.8) is 0 Å². The molecule has 2 unspecified atom stereocenters. The third-order valence-corrected chi connectivity index (χ3v) is 5.65. The number of hydrogen-bond acceptors (Lipinski definition) is 6. The lowest BCUT2D eigenvalue weighted by atomic mass is 9.96. The standard InChI is InChI=1S/C13H26N2O4S/c1-11-10-20(17,18)9-8-15(11)7-5-4-6-13(2,14)12(16)19-3/h11H,4-10,14H2,1-3H3. The van der Waals surface area contributed by atoms with E-state index in [-0.39, 0.29) is 17.5 Å². The molecule has 0 radical (unpaired) electrons. The summed E-state index contributed by atoms with van der Waals surface area (Å²) in [6.45, 7) is 5.06. The average molecular weight is 306 g/mol. The number of nitrogens with two attached hydrogens (primary N) is 1. The summed E-state index contributed by atoms with van der Waals surface area (Å²) in [5, 5.41) is 0. The van der Waals surface area contributed by atoms with E-state index in [0.717, 1.165) is 19.4 Å². The molecule has 20 heavy (non-hydrogen) atoms. The molecule has 2 N–H and O–H groups in total. The molecule has 7 heteroatoms. The van der Waals surface area contributed by atoms with Crippen LogP contribution in [-0.4, -0.2) is 62.6 Å². The predicted octanol–water partition coefficient (Wildman–Crippen LogP) is 0.166. The van der Waals surface area contributed by atoms with Crippen LogP contribution in [0.2, 0.25) is 0 Å². The molecule has 2 atom stereocenters. The molecule has 0 saturated carbocycles. The van der Waals surface area contributed by atoms with Crippen molar-refractivity contribution >= 4 is 15.8 Å². The van der Waals surface area contributed by atoms with Crippen LogP contribution >= 0.6 is 0 Å². The molecular weight excluding hydrogens is 280 g/mol. The van der Waals surface area contributed by atoms with Crippen molar-refractivity contribution in [3.05, 3.63) is 0 Å². The summed E-state index contributed by atoms with van der Waals surface area (Å²) in [6, 6.07) is 0.0682. The van der Waals surface area contributed by atoms with Gasteiger partial charge in [0.15, 0.2) is 9.84 Å². The zero-order valence-corrected chi connectivity index (χ0v) is 13.4. The fraction of sp³-hybridized carbons (Fsp3) is 0.923. The van der Waals surface area contributed by atoms with Crippen molar-refractivity contribution in [3.8, 4) is 0 Å². The molecule has 1 heterocycles. The number of hydrogen-bond donors (Lipinski definition) is 1. The smallest absolute Gasteiger partial charge is 0.325 e. The number of rotatable bonds is 6. The quantitative estimate of drug-likeness (QED) is 0.555. The molecule has 0 aromatic heterocycles. The number of ether oxygens (including phenoxy) is 1. The lowest BCUT2D eigenvalue weighted by molar-refractivity contribution is -0.146. The Balaban J connectivity index is 2.30. The van der Waals surface area contributed by atoms with Gasteiger partial charge in [-0.1, -0.05) is 0 Å². The van der Waals surface area contributed by atoms with E-state index in [4.69, 9.17) is 5.73 Å². The first-order chi connectivity index (χ1) is 9.18. The summed E-state index contributed by atoms with van der Waals surface area (Å²) >= 11 is 0. The van der Waals surface area contributed by atoms with Gasteiger partial charge in [0.05, 0.1) is 18.6 Å². The second kappa shape index (κ2) is 6.87. The molecule has 0 bridgehead atoms. The normalized spacial score (nSPS) is 25.9. The van der Waals surface area contributed by atoms with E-state index in [9.17, 15) is 13.2 Å². The van der Waals surface area contributed by atoms with Gasteiger partial charge in [0.2, 0.25) is 0 Å². The van der Waals surface area contributed by atoms with E-state index in [2.05, 4.69) is 9.64 Å². The van der Waals surface area contributed by atoms with E-state index >= 15 is 0 Å². The van der Waals surface area contributed by atoms with Crippen molar-refractivity contribution in [2.24, 2.45) is 5.73 Å². The maximum Gasteiger partial charge on any atom is 0.325 e. The van der Waals surface area contributed by atoms with Gasteiger partial charge in [0, 0.05) is 12.6 Å². The number of unbranched alkanes of at least 4 members (excludes halogenated alkanes) is 1. The molecule has 1 aliphatic heterocycles. The van der Waals surface area contributed by atoms with Crippen LogP contribution in [0.3, 0.4) is 0 Å². The summed E-state index contributed by atoms with van der Waals surface area (Å²) < 4.78 is 27.6. The predicted molar refractivity (Wildman–Crippen MR) is 78.1 cm³/mol. The molecule has 1 aliphatic rings. The van der Waals surface area contributed by atoms with Crippen LogP contribution in [-0.2, 0) is 19.4 Å². The topological polar surface area (TPSA) is 89.7 Å². The monoisotopic (exact) mass is 306 g/mol. The molecule has 0 aliphatic carbocycles. The summed E-state index contributed by atoms with van der Waals surface area (Å²) in [6.07, 6.45) is 2.28. The van der Waals surface area contributed by atoms with Crippen molar-refractivity contribution in [1.29, 1.82) is 0 Å². The number of methoxy groups -OCH3 is 1. The van der Waals surface area contributed by atoms with Gasteiger partial charge in [-0.15, -0.1) is 0 Å². The molecule has 1 saturated heterocycles. The number of nitrogens with zero attached hydrogens (tertiary/aromatic N) is 1. The summed E-state index contributed by atoms with van der Waals surface area (Å²) in [5.41, 5.74) is 4.95. The Morgan fingerprint density at radius 2 is 2.10 bits per heavy atom. The first-order valence-corrected chi connectivity index (χ1v) is 8.82. The highest BCUT2D eigenvalue weighted by Crippen LogP contribution is 2.15. The summed E-state index contributed by atoms with van der Waals surface area (Å²) in [5.74, 6) is 0.0904. The van der Waals surface area contributed by atoms with Gasteiger partial charge >= 0.3 is 5.97 Å². The molecule has 1 rings (SSSR count). The van der Waals surface area contributed by atoms with Crippen LogP contribution in [0.15, 0.2) is 0 Å². The highest BCUT2D eigenvalue weighted by Gasteiger charge is 2.30. The minimum Gasteiger partial charge on any atom is -0.468 e. The first kappa shape index (κ1) is 17.4. The lowest BCUT2D eigenvalue weighted by Crippen LogP contribution is -2.47. The van der Waals surface area contributed by atoms with Crippen LogP contribution in [0.4, 0.5) is 0 Å². The Morgan fingerprint density at radius 1 is 1.45 bits per heavy atom. The first-order valence-electron chi connectivity index (χ1n) is 7.00. The summed E-state index contributed by atoms with van der Waals surface area (Å²) in [4.78, 5) is 13.6. The Labute approximate surface area is 121 Å². The van der Waals surface area contributed by atoms with Crippen molar-refractivity contribution < 1.29 is 17.9 Å². The van der Waals surface area contributed by atoms with Crippen molar-refractivity contribution in [2.45, 2.75) is 44.7 Å². The third kappa shape index (κ3) is 5.03. The minimum atomic E-state index is -2.86. The number of carbonyl (C=O) groups is 1.